The molecular weight excluding hydrogens is 212 g/mol. The molecule has 78 valence electrons. The smallest absolute Gasteiger partial charge is 0.318 e. The van der Waals surface area contributed by atoms with Crippen molar-refractivity contribution < 1.29 is 27.3 Å². The highest BCUT2D eigenvalue weighted by Gasteiger charge is 2.43. The van der Waals surface area contributed by atoms with Crippen LogP contribution in [0.4, 0.5) is 0 Å². The van der Waals surface area contributed by atoms with Crippen molar-refractivity contribution in [3.63, 3.8) is 0 Å². The third-order valence-corrected chi connectivity index (χ3v) is 3.09. The van der Waals surface area contributed by atoms with Gasteiger partial charge in [-0.25, -0.2) is 0 Å². The molecule has 0 bridgehead atoms. The van der Waals surface area contributed by atoms with Gasteiger partial charge in [-0.2, -0.15) is 8.42 Å². The Labute approximate surface area is 80.3 Å². The second-order valence-corrected chi connectivity index (χ2v) is 4.39. The van der Waals surface area contributed by atoms with Gasteiger partial charge >= 0.3 is 11.9 Å². The number of hydrogen-bond acceptors (Lipinski definition) is 5. The summed E-state index contributed by atoms with van der Waals surface area (Å²) in [5, 5.41) is -1.48. The van der Waals surface area contributed by atoms with Crippen molar-refractivity contribution in [3.8, 4) is 0 Å². The lowest BCUT2D eigenvalue weighted by Crippen LogP contribution is -2.30. The lowest BCUT2D eigenvalue weighted by molar-refractivity contribution is -0.153. The normalized spacial score (nSPS) is 24.5. The molecule has 2 unspecified atom stereocenters. The summed E-state index contributed by atoms with van der Waals surface area (Å²) in [4.78, 5) is 21.6. The summed E-state index contributed by atoms with van der Waals surface area (Å²) >= 11 is 0. The van der Waals surface area contributed by atoms with Crippen LogP contribution in [0.2, 0.25) is 0 Å². The SMILES string of the molecule is C=CC(C1CC(=O)OC1=O)S(=O)(=O)O. The number of rotatable bonds is 3. The molecule has 1 saturated heterocycles. The number of carbonyl (C=O) groups excluding carboxylic acids is 2. The summed E-state index contributed by atoms with van der Waals surface area (Å²) in [5.41, 5.74) is 0. The molecule has 1 aliphatic rings. The van der Waals surface area contributed by atoms with Gasteiger partial charge in [-0.3, -0.25) is 14.1 Å². The summed E-state index contributed by atoms with van der Waals surface area (Å²) in [5.74, 6) is -2.93. The first kappa shape index (κ1) is 10.9. The fourth-order valence-electron chi connectivity index (χ4n) is 1.24. The second kappa shape index (κ2) is 3.50. The highest BCUT2D eigenvalue weighted by atomic mass is 32.2. The average molecular weight is 220 g/mol. The zero-order valence-electron chi connectivity index (χ0n) is 7.04. The van der Waals surface area contributed by atoms with Crippen LogP contribution >= 0.6 is 0 Å². The first-order valence-electron chi connectivity index (χ1n) is 3.69. The predicted octanol–water partition coefficient (Wildman–Crippen LogP) is -0.481. The molecule has 2 atom stereocenters. The van der Waals surface area contributed by atoms with E-state index in [1.807, 2.05) is 0 Å². The Morgan fingerprint density at radius 3 is 2.43 bits per heavy atom. The van der Waals surface area contributed by atoms with Crippen LogP contribution in [0.15, 0.2) is 12.7 Å². The van der Waals surface area contributed by atoms with Crippen molar-refractivity contribution in [2.75, 3.05) is 0 Å². The van der Waals surface area contributed by atoms with Crippen molar-refractivity contribution in [3.05, 3.63) is 12.7 Å². The molecule has 0 saturated carbocycles. The van der Waals surface area contributed by atoms with Gasteiger partial charge in [-0.15, -0.1) is 6.58 Å². The molecule has 6 nitrogen and oxygen atoms in total. The minimum atomic E-state index is -4.43. The molecule has 0 aromatic carbocycles. The number of ether oxygens (including phenoxy) is 1. The van der Waals surface area contributed by atoms with Gasteiger partial charge < -0.3 is 4.74 Å². The Morgan fingerprint density at radius 1 is 1.57 bits per heavy atom. The van der Waals surface area contributed by atoms with E-state index in [0.717, 1.165) is 6.08 Å². The number of carbonyl (C=O) groups is 2. The van der Waals surface area contributed by atoms with E-state index in [0.29, 0.717) is 0 Å². The van der Waals surface area contributed by atoms with Crippen LogP contribution in [0, 0.1) is 5.92 Å². The van der Waals surface area contributed by atoms with Gasteiger partial charge in [-0.05, 0) is 0 Å². The number of hydrogen-bond donors (Lipinski definition) is 1. The molecule has 7 heteroatoms. The third kappa shape index (κ3) is 1.99. The molecule has 0 spiro atoms. The quantitative estimate of drug-likeness (QED) is 0.298. The largest absolute Gasteiger partial charge is 0.393 e. The van der Waals surface area contributed by atoms with Crippen LogP contribution in [-0.4, -0.2) is 30.2 Å². The van der Waals surface area contributed by atoms with E-state index in [-0.39, 0.29) is 6.42 Å². The predicted molar refractivity (Wildman–Crippen MR) is 44.7 cm³/mol. The van der Waals surface area contributed by atoms with Gasteiger partial charge in [0.25, 0.3) is 10.1 Å². The molecule has 0 aliphatic carbocycles. The average Bonchev–Trinajstić information content (AvgIpc) is 2.29. The zero-order valence-corrected chi connectivity index (χ0v) is 7.86. The fraction of sp³-hybridized carbons (Fsp3) is 0.429. The van der Waals surface area contributed by atoms with Crippen LogP contribution in [0.5, 0.6) is 0 Å². The van der Waals surface area contributed by atoms with Crippen LogP contribution < -0.4 is 0 Å². The van der Waals surface area contributed by atoms with E-state index in [9.17, 15) is 18.0 Å². The van der Waals surface area contributed by atoms with E-state index in [4.69, 9.17) is 4.55 Å². The lowest BCUT2D eigenvalue weighted by atomic mass is 10.0. The molecule has 1 fully saturated rings. The molecule has 0 amide bonds. The van der Waals surface area contributed by atoms with Crippen LogP contribution in [0.1, 0.15) is 6.42 Å². The van der Waals surface area contributed by atoms with E-state index in [1.165, 1.54) is 0 Å². The Hall–Kier alpha value is -1.21. The first-order valence-corrected chi connectivity index (χ1v) is 5.20. The maximum absolute atomic E-state index is 11.0. The van der Waals surface area contributed by atoms with Gasteiger partial charge in [0, 0.05) is 0 Å². The van der Waals surface area contributed by atoms with E-state index < -0.39 is 33.2 Å². The minimum absolute atomic E-state index is 0.352. The topological polar surface area (TPSA) is 97.7 Å². The summed E-state index contributed by atoms with van der Waals surface area (Å²) in [6.45, 7) is 3.17. The second-order valence-electron chi connectivity index (χ2n) is 2.82. The third-order valence-electron chi connectivity index (χ3n) is 1.88. The molecule has 14 heavy (non-hydrogen) atoms. The summed E-state index contributed by atoms with van der Waals surface area (Å²) in [7, 11) is -4.43. The summed E-state index contributed by atoms with van der Waals surface area (Å²) in [6.07, 6.45) is 0.551. The number of esters is 2. The molecule has 1 rings (SSSR count). The Kier molecular flexibility index (Phi) is 2.72. The minimum Gasteiger partial charge on any atom is -0.393 e. The maximum Gasteiger partial charge on any atom is 0.318 e. The molecule has 0 aromatic heterocycles. The first-order chi connectivity index (χ1) is 6.36. The van der Waals surface area contributed by atoms with E-state index in [1.54, 1.807) is 0 Å². The van der Waals surface area contributed by atoms with Crippen LogP contribution in [0.25, 0.3) is 0 Å². The highest BCUT2D eigenvalue weighted by molar-refractivity contribution is 7.86. The molecule has 1 heterocycles. The molecule has 0 aromatic rings. The van der Waals surface area contributed by atoms with Crippen LogP contribution in [-0.2, 0) is 24.4 Å². The van der Waals surface area contributed by atoms with Gasteiger partial charge in [0.1, 0.15) is 5.25 Å². The number of cyclic esters (lactones) is 2. The molecule has 0 radical (unpaired) electrons. The van der Waals surface area contributed by atoms with Crippen molar-refractivity contribution in [2.45, 2.75) is 11.7 Å². The standard InChI is InChI=1S/C7H8O6S/c1-2-5(14(10,11)12)4-3-6(8)13-7(4)9/h2,4-5H,1,3H2,(H,10,11,12). The van der Waals surface area contributed by atoms with Crippen molar-refractivity contribution in [2.24, 2.45) is 5.92 Å². The summed E-state index contributed by atoms with van der Waals surface area (Å²) < 4.78 is 34.4. The monoisotopic (exact) mass is 220 g/mol. The van der Waals surface area contributed by atoms with Gasteiger partial charge in [0.15, 0.2) is 0 Å². The molecule has 1 N–H and O–H groups in total. The Bertz CT molecular complexity index is 381. The van der Waals surface area contributed by atoms with Gasteiger partial charge in [-0.1, -0.05) is 6.08 Å². The Morgan fingerprint density at radius 2 is 2.14 bits per heavy atom. The van der Waals surface area contributed by atoms with Gasteiger partial charge in [0.05, 0.1) is 12.3 Å². The highest BCUT2D eigenvalue weighted by Crippen LogP contribution is 2.24. The molecular formula is C7H8O6S. The summed E-state index contributed by atoms with van der Waals surface area (Å²) in [6, 6.07) is 0. The van der Waals surface area contributed by atoms with E-state index >= 15 is 0 Å². The lowest BCUT2D eigenvalue weighted by Gasteiger charge is -2.11. The van der Waals surface area contributed by atoms with Crippen LogP contribution in [0.3, 0.4) is 0 Å². The van der Waals surface area contributed by atoms with Gasteiger partial charge in [0.2, 0.25) is 0 Å². The van der Waals surface area contributed by atoms with Crippen molar-refractivity contribution in [1.82, 2.24) is 0 Å². The van der Waals surface area contributed by atoms with Crippen molar-refractivity contribution in [1.29, 1.82) is 0 Å². The fourth-order valence-corrected chi connectivity index (χ4v) is 2.10. The Balaban J connectivity index is 2.98. The zero-order chi connectivity index (χ0) is 10.9. The van der Waals surface area contributed by atoms with Crippen molar-refractivity contribution >= 4 is 22.1 Å². The maximum atomic E-state index is 11.0. The molecule has 1 aliphatic heterocycles. The van der Waals surface area contributed by atoms with E-state index in [2.05, 4.69) is 11.3 Å².